The number of nitrogens with one attached hydrogen (secondary N) is 2. The van der Waals surface area contributed by atoms with Crippen molar-refractivity contribution < 1.29 is 9.59 Å². The van der Waals surface area contributed by atoms with E-state index in [-0.39, 0.29) is 17.6 Å². The van der Waals surface area contributed by atoms with E-state index in [0.29, 0.717) is 5.56 Å². The van der Waals surface area contributed by atoms with Gasteiger partial charge in [0.1, 0.15) is 0 Å². The summed E-state index contributed by atoms with van der Waals surface area (Å²) in [5.41, 5.74) is 9.20. The highest BCUT2D eigenvalue weighted by Crippen LogP contribution is 2.29. The number of benzene rings is 2. The van der Waals surface area contributed by atoms with Crippen LogP contribution in [0.25, 0.3) is 15.9 Å². The maximum Gasteiger partial charge on any atom is 0.271 e. The highest BCUT2D eigenvalue weighted by molar-refractivity contribution is 8.01. The van der Waals surface area contributed by atoms with Gasteiger partial charge in [0.05, 0.1) is 21.5 Å². The summed E-state index contributed by atoms with van der Waals surface area (Å²) in [6, 6.07) is 19.5. The molecule has 2 N–H and O–H groups in total. The van der Waals surface area contributed by atoms with Crippen molar-refractivity contribution in [3.8, 4) is 5.69 Å². The van der Waals surface area contributed by atoms with E-state index in [4.69, 9.17) is 0 Å². The lowest BCUT2D eigenvalue weighted by molar-refractivity contribution is -0.119. The minimum atomic E-state index is -0.344. The molecule has 0 atom stereocenters. The number of amides is 2. The van der Waals surface area contributed by atoms with E-state index in [1.165, 1.54) is 11.8 Å². The first kappa shape index (κ1) is 20.2. The zero-order valence-corrected chi connectivity index (χ0v) is 18.1. The van der Waals surface area contributed by atoms with Crippen LogP contribution in [0.2, 0.25) is 0 Å². The van der Waals surface area contributed by atoms with E-state index >= 15 is 0 Å². The molecule has 2 heterocycles. The molecule has 0 bridgehead atoms. The van der Waals surface area contributed by atoms with Gasteiger partial charge >= 0.3 is 0 Å². The van der Waals surface area contributed by atoms with Crippen LogP contribution in [0.4, 0.5) is 0 Å². The van der Waals surface area contributed by atoms with Crippen LogP contribution in [0.1, 0.15) is 21.7 Å². The molecule has 6 nitrogen and oxygen atoms in total. The van der Waals surface area contributed by atoms with Gasteiger partial charge in [0.25, 0.3) is 5.91 Å². The summed E-state index contributed by atoms with van der Waals surface area (Å²) < 4.78 is 3.92. The maximum atomic E-state index is 12.6. The third kappa shape index (κ3) is 4.24. The Morgan fingerprint density at radius 3 is 2.53 bits per heavy atom. The smallest absolute Gasteiger partial charge is 0.271 e. The summed E-state index contributed by atoms with van der Waals surface area (Å²) >= 11 is 2.90. The lowest BCUT2D eigenvalue weighted by Crippen LogP contribution is -2.42. The third-order valence-electron chi connectivity index (χ3n) is 4.61. The van der Waals surface area contributed by atoms with Crippen molar-refractivity contribution in [2.45, 2.75) is 18.2 Å². The summed E-state index contributed by atoms with van der Waals surface area (Å²) in [7, 11) is 0. The van der Waals surface area contributed by atoms with Gasteiger partial charge in [-0.25, -0.2) is 4.98 Å². The topological polar surface area (TPSA) is 76.0 Å². The molecule has 4 rings (SSSR count). The Labute approximate surface area is 182 Å². The van der Waals surface area contributed by atoms with Crippen LogP contribution in [0, 0.1) is 13.8 Å². The van der Waals surface area contributed by atoms with E-state index < -0.39 is 0 Å². The summed E-state index contributed by atoms with van der Waals surface area (Å²) in [4.78, 5) is 29.3. The summed E-state index contributed by atoms with van der Waals surface area (Å²) in [5, 5.41) is 0. The average molecular weight is 437 g/mol. The molecule has 0 aliphatic rings. The second-order valence-electron chi connectivity index (χ2n) is 6.69. The molecule has 0 aliphatic carbocycles. The molecule has 0 spiro atoms. The average Bonchev–Trinajstić information content (AvgIpc) is 3.31. The fourth-order valence-corrected chi connectivity index (χ4v) is 5.11. The van der Waals surface area contributed by atoms with E-state index in [9.17, 15) is 9.59 Å². The number of thioether (sulfide) groups is 1. The van der Waals surface area contributed by atoms with Gasteiger partial charge in [0.15, 0.2) is 4.34 Å². The van der Waals surface area contributed by atoms with Crippen LogP contribution in [-0.2, 0) is 4.79 Å². The fraction of sp³-hybridized carbons (Fsp3) is 0.136. The van der Waals surface area contributed by atoms with E-state index in [1.807, 2.05) is 79.1 Å². The molecule has 0 radical (unpaired) electrons. The van der Waals surface area contributed by atoms with Gasteiger partial charge in [0, 0.05) is 17.1 Å². The molecular weight excluding hydrogens is 416 g/mol. The van der Waals surface area contributed by atoms with Gasteiger partial charge < -0.3 is 4.57 Å². The Kier molecular flexibility index (Phi) is 5.87. The molecule has 0 unspecified atom stereocenters. The highest BCUT2D eigenvalue weighted by atomic mass is 32.2. The van der Waals surface area contributed by atoms with Crippen LogP contribution >= 0.6 is 23.1 Å². The molecule has 8 heteroatoms. The molecule has 0 saturated carbocycles. The number of para-hydroxylation sites is 2. The van der Waals surface area contributed by atoms with Gasteiger partial charge in [0.2, 0.25) is 5.91 Å². The number of thiazole rings is 1. The van der Waals surface area contributed by atoms with Crippen LogP contribution < -0.4 is 10.9 Å². The maximum absolute atomic E-state index is 12.6. The normalized spacial score (nSPS) is 10.9. The quantitative estimate of drug-likeness (QED) is 0.362. The Morgan fingerprint density at radius 1 is 1.03 bits per heavy atom. The zero-order valence-electron chi connectivity index (χ0n) is 16.5. The van der Waals surface area contributed by atoms with Crippen molar-refractivity contribution in [3.63, 3.8) is 0 Å². The second-order valence-corrected chi connectivity index (χ2v) is 8.95. The standard InChI is InChI=1S/C22H20N4O2S2/c1-14-12-17(15(2)26(14)16-8-4-3-5-9-16)21(28)25-24-20(27)13-29-22-23-18-10-6-7-11-19(18)30-22/h3-12H,13H2,1-2H3,(H,24,27)(H,25,28). The van der Waals surface area contributed by atoms with Crippen molar-refractivity contribution in [1.82, 2.24) is 20.4 Å². The number of carbonyl (C=O) groups is 2. The lowest BCUT2D eigenvalue weighted by atomic mass is 10.2. The number of carbonyl (C=O) groups excluding carboxylic acids is 2. The van der Waals surface area contributed by atoms with Gasteiger partial charge in [-0.05, 0) is 44.2 Å². The van der Waals surface area contributed by atoms with Gasteiger partial charge in [-0.1, -0.05) is 42.1 Å². The molecule has 2 aromatic heterocycles. The largest absolute Gasteiger partial charge is 0.318 e. The number of hydrogen-bond acceptors (Lipinski definition) is 5. The molecule has 2 aromatic carbocycles. The van der Waals surface area contributed by atoms with Gasteiger partial charge in [-0.3, -0.25) is 20.4 Å². The molecule has 0 saturated heterocycles. The number of rotatable bonds is 5. The zero-order chi connectivity index (χ0) is 21.1. The molecule has 2 amide bonds. The number of fused-ring (bicyclic) bond motifs is 1. The van der Waals surface area contributed by atoms with Crippen LogP contribution in [-0.4, -0.2) is 27.1 Å². The molecule has 4 aromatic rings. The van der Waals surface area contributed by atoms with Crippen molar-refractivity contribution in [1.29, 1.82) is 0 Å². The predicted octanol–water partition coefficient (Wildman–Crippen LogP) is 4.26. The Morgan fingerprint density at radius 2 is 1.77 bits per heavy atom. The SMILES string of the molecule is Cc1cc(C(=O)NNC(=O)CSc2nc3ccccc3s2)c(C)n1-c1ccccc1. The van der Waals surface area contributed by atoms with Crippen molar-refractivity contribution in [2.24, 2.45) is 0 Å². The van der Waals surface area contributed by atoms with Gasteiger partial charge in [-0.2, -0.15) is 0 Å². The minimum absolute atomic E-state index is 0.170. The monoisotopic (exact) mass is 436 g/mol. The van der Waals surface area contributed by atoms with Crippen LogP contribution in [0.5, 0.6) is 0 Å². The van der Waals surface area contributed by atoms with Crippen molar-refractivity contribution >= 4 is 45.1 Å². The first-order valence-electron chi connectivity index (χ1n) is 9.35. The first-order valence-corrected chi connectivity index (χ1v) is 11.1. The number of nitrogens with zero attached hydrogens (tertiary/aromatic N) is 2. The number of hydrogen-bond donors (Lipinski definition) is 2. The second kappa shape index (κ2) is 8.73. The Hall–Kier alpha value is -3.10. The van der Waals surface area contributed by atoms with Crippen LogP contribution in [0.3, 0.4) is 0 Å². The summed E-state index contributed by atoms with van der Waals surface area (Å²) in [6.07, 6.45) is 0. The predicted molar refractivity (Wildman–Crippen MR) is 121 cm³/mol. The molecule has 0 fully saturated rings. The summed E-state index contributed by atoms with van der Waals surface area (Å²) in [5.74, 6) is -0.462. The summed E-state index contributed by atoms with van der Waals surface area (Å²) in [6.45, 7) is 3.84. The molecule has 0 aliphatic heterocycles. The Balaban J connectivity index is 1.36. The third-order valence-corrected chi connectivity index (χ3v) is 6.79. The van der Waals surface area contributed by atoms with Crippen molar-refractivity contribution in [2.75, 3.05) is 5.75 Å². The number of aryl methyl sites for hydroxylation is 1. The molecule has 152 valence electrons. The van der Waals surface area contributed by atoms with Gasteiger partial charge in [-0.15, -0.1) is 11.3 Å². The first-order chi connectivity index (χ1) is 14.5. The van der Waals surface area contributed by atoms with Crippen LogP contribution in [0.15, 0.2) is 65.0 Å². The minimum Gasteiger partial charge on any atom is -0.318 e. The number of aromatic nitrogens is 2. The highest BCUT2D eigenvalue weighted by Gasteiger charge is 2.17. The van der Waals surface area contributed by atoms with E-state index in [2.05, 4.69) is 15.8 Å². The Bertz CT molecular complexity index is 1180. The van der Waals surface area contributed by atoms with E-state index in [0.717, 1.165) is 31.6 Å². The van der Waals surface area contributed by atoms with E-state index in [1.54, 1.807) is 11.3 Å². The lowest BCUT2D eigenvalue weighted by Gasteiger charge is -2.10. The fourth-order valence-electron chi connectivity index (χ4n) is 3.24. The van der Waals surface area contributed by atoms with Crippen molar-refractivity contribution in [3.05, 3.63) is 77.6 Å². The number of hydrazine groups is 1. The molecule has 30 heavy (non-hydrogen) atoms. The molecular formula is C22H20N4O2S2.